The Labute approximate surface area is 172 Å². The number of fused-ring (bicyclic) bond motifs is 1. The van der Waals surface area contributed by atoms with Crippen molar-refractivity contribution < 1.29 is 4.79 Å². The number of carbonyl (C=O) groups is 1. The van der Waals surface area contributed by atoms with Gasteiger partial charge in [-0.2, -0.15) is 0 Å². The lowest BCUT2D eigenvalue weighted by Gasteiger charge is -2.18. The number of aryl methyl sites for hydroxylation is 1. The second kappa shape index (κ2) is 8.74. The molecule has 29 heavy (non-hydrogen) atoms. The topological polar surface area (TPSA) is 36.4 Å². The number of allylic oxidation sites excluding steroid dienone is 2. The maximum atomic E-state index is 11.9. The molecule has 0 saturated carbocycles. The fourth-order valence-corrected chi connectivity index (χ4v) is 3.23. The Morgan fingerprint density at radius 2 is 1.79 bits per heavy atom. The standard InChI is InChI=1S/C25H27N3O/c1-6-19(16-28(5)17-25(29)27(3)4)20-9-11-21(12-10-20)24-15-26-14-22-8-7-18(2)13-23(22)24/h6-16H,1,17H2,2-5H3/b19-16+. The van der Waals surface area contributed by atoms with Gasteiger partial charge in [0.1, 0.15) is 0 Å². The van der Waals surface area contributed by atoms with E-state index in [9.17, 15) is 4.79 Å². The quantitative estimate of drug-likeness (QED) is 0.574. The van der Waals surface area contributed by atoms with E-state index in [1.807, 2.05) is 36.6 Å². The summed E-state index contributed by atoms with van der Waals surface area (Å²) >= 11 is 0. The molecular formula is C25H27N3O. The fourth-order valence-electron chi connectivity index (χ4n) is 3.23. The van der Waals surface area contributed by atoms with E-state index in [0.717, 1.165) is 27.6 Å². The highest BCUT2D eigenvalue weighted by Crippen LogP contribution is 2.29. The van der Waals surface area contributed by atoms with Gasteiger partial charge in [0.25, 0.3) is 0 Å². The second-order valence-corrected chi connectivity index (χ2v) is 7.48. The van der Waals surface area contributed by atoms with Crippen LogP contribution in [0.15, 0.2) is 73.7 Å². The zero-order valence-electron chi connectivity index (χ0n) is 17.5. The predicted octanol–water partition coefficient (Wildman–Crippen LogP) is 4.76. The van der Waals surface area contributed by atoms with Crippen molar-refractivity contribution in [2.45, 2.75) is 6.92 Å². The van der Waals surface area contributed by atoms with Gasteiger partial charge in [0, 0.05) is 50.7 Å². The van der Waals surface area contributed by atoms with E-state index in [-0.39, 0.29) is 5.91 Å². The van der Waals surface area contributed by atoms with Crippen LogP contribution < -0.4 is 0 Å². The van der Waals surface area contributed by atoms with Crippen LogP contribution in [0.1, 0.15) is 11.1 Å². The van der Waals surface area contributed by atoms with Crippen molar-refractivity contribution in [3.05, 3.63) is 84.8 Å². The molecule has 0 fully saturated rings. The average molecular weight is 386 g/mol. The molecule has 4 nitrogen and oxygen atoms in total. The molecule has 0 aliphatic rings. The van der Waals surface area contributed by atoms with Gasteiger partial charge in [-0.1, -0.05) is 60.7 Å². The number of carbonyl (C=O) groups excluding carboxylic acids is 1. The van der Waals surface area contributed by atoms with Crippen molar-refractivity contribution in [2.75, 3.05) is 27.7 Å². The van der Waals surface area contributed by atoms with Crippen molar-refractivity contribution >= 4 is 22.3 Å². The number of rotatable bonds is 6. The number of likely N-dealkylation sites (N-methyl/N-ethyl adjacent to an activating group) is 2. The number of hydrogen-bond donors (Lipinski definition) is 0. The molecule has 148 valence electrons. The first-order valence-corrected chi connectivity index (χ1v) is 9.59. The van der Waals surface area contributed by atoms with Crippen LogP contribution >= 0.6 is 0 Å². The zero-order valence-corrected chi connectivity index (χ0v) is 17.5. The van der Waals surface area contributed by atoms with Gasteiger partial charge in [-0.25, -0.2) is 0 Å². The van der Waals surface area contributed by atoms with Crippen LogP contribution in [-0.2, 0) is 4.79 Å². The summed E-state index contributed by atoms with van der Waals surface area (Å²) in [6.45, 7) is 6.36. The molecule has 3 rings (SSSR count). The van der Waals surface area contributed by atoms with Crippen molar-refractivity contribution in [3.63, 3.8) is 0 Å². The maximum absolute atomic E-state index is 11.9. The van der Waals surface area contributed by atoms with Gasteiger partial charge in [0.2, 0.25) is 5.91 Å². The average Bonchev–Trinajstić information content (AvgIpc) is 2.71. The minimum atomic E-state index is 0.0567. The van der Waals surface area contributed by atoms with Crippen molar-refractivity contribution in [1.29, 1.82) is 0 Å². The summed E-state index contributed by atoms with van der Waals surface area (Å²) in [4.78, 5) is 19.8. The van der Waals surface area contributed by atoms with E-state index in [1.165, 1.54) is 10.9 Å². The van der Waals surface area contributed by atoms with Crippen LogP contribution in [0.3, 0.4) is 0 Å². The first-order valence-electron chi connectivity index (χ1n) is 9.59. The highest BCUT2D eigenvalue weighted by molar-refractivity contribution is 5.96. The first-order chi connectivity index (χ1) is 13.9. The fraction of sp³-hybridized carbons (Fsp3) is 0.200. The Balaban J connectivity index is 1.90. The molecule has 0 N–H and O–H groups in total. The van der Waals surface area contributed by atoms with Gasteiger partial charge in [-0.3, -0.25) is 9.78 Å². The number of pyridine rings is 1. The third-order valence-corrected chi connectivity index (χ3v) is 4.91. The lowest BCUT2D eigenvalue weighted by Crippen LogP contribution is -2.31. The Morgan fingerprint density at radius 1 is 1.07 bits per heavy atom. The number of amides is 1. The Hall–Kier alpha value is -3.40. The molecule has 0 aliphatic heterocycles. The second-order valence-electron chi connectivity index (χ2n) is 7.48. The molecule has 1 heterocycles. The third-order valence-electron chi connectivity index (χ3n) is 4.91. The van der Waals surface area contributed by atoms with Crippen LogP contribution in [-0.4, -0.2) is 48.4 Å². The molecule has 0 radical (unpaired) electrons. The molecule has 0 bridgehead atoms. The molecule has 0 unspecified atom stereocenters. The minimum Gasteiger partial charge on any atom is -0.371 e. The first kappa shape index (κ1) is 20.3. The summed E-state index contributed by atoms with van der Waals surface area (Å²) in [5.74, 6) is 0.0567. The van der Waals surface area contributed by atoms with E-state index >= 15 is 0 Å². The molecule has 3 aromatic rings. The molecular weight excluding hydrogens is 358 g/mol. The molecule has 0 aliphatic carbocycles. The van der Waals surface area contributed by atoms with E-state index in [0.29, 0.717) is 6.54 Å². The molecule has 2 aromatic carbocycles. The number of hydrogen-bond acceptors (Lipinski definition) is 3. The SMILES string of the molecule is C=C/C(=C\N(C)CC(=O)N(C)C)c1ccc(-c2cncc3ccc(C)cc23)cc1. The van der Waals surface area contributed by atoms with Crippen LogP contribution in [0.2, 0.25) is 0 Å². The van der Waals surface area contributed by atoms with Crippen LogP contribution in [0.25, 0.3) is 27.5 Å². The van der Waals surface area contributed by atoms with Crippen molar-refractivity contribution in [1.82, 2.24) is 14.8 Å². The van der Waals surface area contributed by atoms with Crippen LogP contribution in [0, 0.1) is 6.92 Å². The van der Waals surface area contributed by atoms with Gasteiger partial charge in [-0.15, -0.1) is 0 Å². The number of benzene rings is 2. The monoisotopic (exact) mass is 385 g/mol. The van der Waals surface area contributed by atoms with Crippen LogP contribution in [0.4, 0.5) is 0 Å². The molecule has 0 spiro atoms. The van der Waals surface area contributed by atoms with E-state index in [4.69, 9.17) is 0 Å². The summed E-state index contributed by atoms with van der Waals surface area (Å²) < 4.78 is 0. The van der Waals surface area contributed by atoms with Gasteiger partial charge < -0.3 is 9.80 Å². The third kappa shape index (κ3) is 4.72. The highest BCUT2D eigenvalue weighted by Gasteiger charge is 2.08. The lowest BCUT2D eigenvalue weighted by atomic mass is 9.97. The van der Waals surface area contributed by atoms with Crippen molar-refractivity contribution in [2.24, 2.45) is 0 Å². The zero-order chi connectivity index (χ0) is 21.0. The summed E-state index contributed by atoms with van der Waals surface area (Å²) in [6.07, 6.45) is 7.58. The normalized spacial score (nSPS) is 11.4. The molecule has 1 amide bonds. The van der Waals surface area contributed by atoms with E-state index in [2.05, 4.69) is 61.0 Å². The molecule has 0 saturated heterocycles. The number of aromatic nitrogens is 1. The highest BCUT2D eigenvalue weighted by atomic mass is 16.2. The summed E-state index contributed by atoms with van der Waals surface area (Å²) in [7, 11) is 5.41. The number of nitrogens with zero attached hydrogens (tertiary/aromatic N) is 3. The summed E-state index contributed by atoms with van der Waals surface area (Å²) in [5, 5.41) is 2.34. The van der Waals surface area contributed by atoms with E-state index in [1.54, 1.807) is 19.0 Å². The van der Waals surface area contributed by atoms with Gasteiger partial charge >= 0.3 is 0 Å². The largest absolute Gasteiger partial charge is 0.371 e. The van der Waals surface area contributed by atoms with Crippen molar-refractivity contribution in [3.8, 4) is 11.1 Å². The van der Waals surface area contributed by atoms with E-state index < -0.39 is 0 Å². The molecule has 4 heteroatoms. The smallest absolute Gasteiger partial charge is 0.241 e. The maximum Gasteiger partial charge on any atom is 0.241 e. The van der Waals surface area contributed by atoms with Gasteiger partial charge in [0.05, 0.1) is 6.54 Å². The summed E-state index contributed by atoms with van der Waals surface area (Å²) in [5.41, 5.74) is 5.50. The predicted molar refractivity (Wildman–Crippen MR) is 121 cm³/mol. The Bertz CT molecular complexity index is 1070. The summed E-state index contributed by atoms with van der Waals surface area (Å²) in [6, 6.07) is 14.8. The minimum absolute atomic E-state index is 0.0567. The van der Waals surface area contributed by atoms with Gasteiger partial charge in [0.15, 0.2) is 0 Å². The molecule has 0 atom stereocenters. The Kier molecular flexibility index (Phi) is 6.13. The molecule has 1 aromatic heterocycles. The van der Waals surface area contributed by atoms with Gasteiger partial charge in [-0.05, 0) is 29.0 Å². The lowest BCUT2D eigenvalue weighted by molar-refractivity contribution is -0.129. The Morgan fingerprint density at radius 3 is 2.45 bits per heavy atom. The van der Waals surface area contributed by atoms with Crippen LogP contribution in [0.5, 0.6) is 0 Å².